The van der Waals surface area contributed by atoms with Crippen LogP contribution < -0.4 is 0 Å². The third-order valence-corrected chi connectivity index (χ3v) is 4.17. The maximum Gasteiger partial charge on any atom is 0.164 e. The predicted molar refractivity (Wildman–Crippen MR) is 99.1 cm³/mol. The van der Waals surface area contributed by atoms with Gasteiger partial charge in [0.05, 0.1) is 22.2 Å². The molecule has 0 aliphatic heterocycles. The third-order valence-electron chi connectivity index (χ3n) is 4.17. The number of aromatic nitrogens is 6. The Kier molecular flexibility index (Phi) is 3.31. The molecule has 0 amide bonds. The molecule has 3 heterocycles. The molecule has 0 fully saturated rings. The van der Waals surface area contributed by atoms with E-state index in [1.807, 2.05) is 54.6 Å². The standard InChI is InChI=1S/C20H12N6/c1-2-7-17-16(6-1)25-18-13(15-5-3-4-10-22-15)8-9-14(19(18)26-17)20-23-11-21-12-24-20/h1-12H. The quantitative estimate of drug-likeness (QED) is 0.457. The van der Waals surface area contributed by atoms with E-state index in [1.165, 1.54) is 12.7 Å². The van der Waals surface area contributed by atoms with Gasteiger partial charge in [-0.25, -0.2) is 24.9 Å². The van der Waals surface area contributed by atoms with Crippen LogP contribution in [0.2, 0.25) is 0 Å². The summed E-state index contributed by atoms with van der Waals surface area (Å²) in [6.45, 7) is 0. The molecule has 0 aliphatic rings. The first-order chi connectivity index (χ1) is 12.9. The normalized spacial score (nSPS) is 11.1. The Morgan fingerprint density at radius 1 is 0.577 bits per heavy atom. The number of nitrogens with zero attached hydrogens (tertiary/aromatic N) is 6. The maximum atomic E-state index is 4.87. The van der Waals surface area contributed by atoms with E-state index < -0.39 is 0 Å². The van der Waals surface area contributed by atoms with Gasteiger partial charge in [-0.2, -0.15) is 0 Å². The molecule has 6 heteroatoms. The smallest absolute Gasteiger partial charge is 0.164 e. The summed E-state index contributed by atoms with van der Waals surface area (Å²) in [7, 11) is 0. The lowest BCUT2D eigenvalue weighted by Gasteiger charge is -2.10. The van der Waals surface area contributed by atoms with Crippen molar-refractivity contribution in [2.45, 2.75) is 0 Å². The van der Waals surface area contributed by atoms with Crippen LogP contribution in [0, 0.1) is 0 Å². The fraction of sp³-hybridized carbons (Fsp3) is 0. The highest BCUT2D eigenvalue weighted by Crippen LogP contribution is 2.32. The Hall–Kier alpha value is -3.80. The molecule has 0 saturated heterocycles. The van der Waals surface area contributed by atoms with Gasteiger partial charge in [-0.3, -0.25) is 4.98 Å². The second kappa shape index (κ2) is 5.93. The molecular formula is C20H12N6. The Bertz CT molecular complexity index is 1130. The van der Waals surface area contributed by atoms with Crippen molar-refractivity contribution in [3.05, 3.63) is 73.4 Å². The average Bonchev–Trinajstić information content (AvgIpc) is 2.73. The van der Waals surface area contributed by atoms with Crippen molar-refractivity contribution in [3.63, 3.8) is 0 Å². The van der Waals surface area contributed by atoms with Gasteiger partial charge < -0.3 is 0 Å². The van der Waals surface area contributed by atoms with E-state index >= 15 is 0 Å². The summed E-state index contributed by atoms with van der Waals surface area (Å²) < 4.78 is 0. The zero-order chi connectivity index (χ0) is 17.3. The zero-order valence-corrected chi connectivity index (χ0v) is 13.6. The predicted octanol–water partition coefficient (Wildman–Crippen LogP) is 3.70. The number of rotatable bonds is 2. The molecule has 122 valence electrons. The minimum atomic E-state index is 0.571. The van der Waals surface area contributed by atoms with Crippen LogP contribution in [-0.4, -0.2) is 29.9 Å². The Morgan fingerprint density at radius 3 is 1.92 bits per heavy atom. The molecule has 2 aromatic carbocycles. The first kappa shape index (κ1) is 14.5. The van der Waals surface area contributed by atoms with Crippen molar-refractivity contribution >= 4 is 22.1 Å². The van der Waals surface area contributed by atoms with Crippen molar-refractivity contribution in [1.82, 2.24) is 29.9 Å². The second-order valence-electron chi connectivity index (χ2n) is 5.75. The van der Waals surface area contributed by atoms with Crippen LogP contribution in [-0.2, 0) is 0 Å². The van der Waals surface area contributed by atoms with Gasteiger partial charge in [0.15, 0.2) is 5.82 Å². The molecule has 0 saturated carbocycles. The SMILES string of the molecule is c1ccc(-c2ccc(-c3ncncn3)c3nc4ccccc4nc23)nc1. The molecular weight excluding hydrogens is 324 g/mol. The molecule has 5 rings (SSSR count). The number of para-hydroxylation sites is 2. The van der Waals surface area contributed by atoms with Crippen LogP contribution in [0.15, 0.2) is 73.4 Å². The second-order valence-corrected chi connectivity index (χ2v) is 5.75. The monoisotopic (exact) mass is 336 g/mol. The molecule has 26 heavy (non-hydrogen) atoms. The number of fused-ring (bicyclic) bond motifs is 2. The summed E-state index contributed by atoms with van der Waals surface area (Å²) >= 11 is 0. The summed E-state index contributed by atoms with van der Waals surface area (Å²) in [6.07, 6.45) is 4.74. The van der Waals surface area contributed by atoms with Gasteiger partial charge in [0.25, 0.3) is 0 Å². The van der Waals surface area contributed by atoms with Gasteiger partial charge in [-0.15, -0.1) is 0 Å². The molecule has 5 aromatic rings. The molecule has 3 aromatic heterocycles. The van der Waals surface area contributed by atoms with Gasteiger partial charge >= 0.3 is 0 Å². The van der Waals surface area contributed by atoms with Gasteiger partial charge in [-0.1, -0.05) is 18.2 Å². The third kappa shape index (κ3) is 2.36. The summed E-state index contributed by atoms with van der Waals surface area (Å²) in [5.41, 5.74) is 5.79. The van der Waals surface area contributed by atoms with E-state index in [0.29, 0.717) is 5.82 Å². The number of benzene rings is 2. The fourth-order valence-electron chi connectivity index (χ4n) is 2.99. The van der Waals surface area contributed by atoms with Crippen LogP contribution in [0.1, 0.15) is 0 Å². The van der Waals surface area contributed by atoms with Crippen LogP contribution in [0.25, 0.3) is 44.7 Å². The molecule has 0 unspecified atom stereocenters. The van der Waals surface area contributed by atoms with Crippen LogP contribution in [0.5, 0.6) is 0 Å². The Balaban J connectivity index is 1.90. The highest BCUT2D eigenvalue weighted by molar-refractivity contribution is 6.01. The van der Waals surface area contributed by atoms with Crippen LogP contribution >= 0.6 is 0 Å². The molecule has 0 spiro atoms. The van der Waals surface area contributed by atoms with E-state index in [4.69, 9.17) is 9.97 Å². The lowest BCUT2D eigenvalue weighted by atomic mass is 10.0. The topological polar surface area (TPSA) is 77.3 Å². The lowest BCUT2D eigenvalue weighted by Crippen LogP contribution is -1.96. The molecule has 6 nitrogen and oxygen atoms in total. The maximum absolute atomic E-state index is 4.87. The van der Waals surface area contributed by atoms with Crippen LogP contribution in [0.4, 0.5) is 0 Å². The lowest BCUT2D eigenvalue weighted by molar-refractivity contribution is 1.06. The summed E-state index contributed by atoms with van der Waals surface area (Å²) in [6, 6.07) is 17.6. The minimum Gasteiger partial charge on any atom is -0.256 e. The van der Waals surface area contributed by atoms with Crippen molar-refractivity contribution in [1.29, 1.82) is 0 Å². The van der Waals surface area contributed by atoms with E-state index in [0.717, 1.165) is 38.9 Å². The highest BCUT2D eigenvalue weighted by Gasteiger charge is 2.15. The van der Waals surface area contributed by atoms with Crippen molar-refractivity contribution in [2.75, 3.05) is 0 Å². The van der Waals surface area contributed by atoms with Gasteiger partial charge in [0, 0.05) is 17.3 Å². The number of hydrogen-bond donors (Lipinski definition) is 0. The van der Waals surface area contributed by atoms with Crippen molar-refractivity contribution in [3.8, 4) is 22.6 Å². The van der Waals surface area contributed by atoms with Gasteiger partial charge in [0.2, 0.25) is 0 Å². The summed E-state index contributed by atoms with van der Waals surface area (Å²) in [5, 5.41) is 0. The Labute approximate surface area is 148 Å². The van der Waals surface area contributed by atoms with Gasteiger partial charge in [0.1, 0.15) is 18.2 Å². The Morgan fingerprint density at radius 2 is 1.23 bits per heavy atom. The van der Waals surface area contributed by atoms with Crippen molar-refractivity contribution < 1.29 is 0 Å². The molecule has 0 atom stereocenters. The molecule has 0 aliphatic carbocycles. The fourth-order valence-corrected chi connectivity index (χ4v) is 2.99. The van der Waals surface area contributed by atoms with E-state index in [9.17, 15) is 0 Å². The van der Waals surface area contributed by atoms with Crippen LogP contribution in [0.3, 0.4) is 0 Å². The summed E-state index contributed by atoms with van der Waals surface area (Å²) in [4.78, 5) is 26.6. The average molecular weight is 336 g/mol. The first-order valence-corrected chi connectivity index (χ1v) is 8.13. The van der Waals surface area contributed by atoms with E-state index in [2.05, 4.69) is 19.9 Å². The van der Waals surface area contributed by atoms with E-state index in [1.54, 1.807) is 6.20 Å². The molecule has 0 bridgehead atoms. The highest BCUT2D eigenvalue weighted by atomic mass is 15.0. The number of hydrogen-bond acceptors (Lipinski definition) is 6. The largest absolute Gasteiger partial charge is 0.256 e. The summed E-state index contributed by atoms with van der Waals surface area (Å²) in [5.74, 6) is 0.571. The molecule has 0 radical (unpaired) electrons. The first-order valence-electron chi connectivity index (χ1n) is 8.13. The minimum absolute atomic E-state index is 0.571. The number of pyridine rings is 1. The molecule has 0 N–H and O–H groups in total. The zero-order valence-electron chi connectivity index (χ0n) is 13.6. The van der Waals surface area contributed by atoms with E-state index in [-0.39, 0.29) is 0 Å². The van der Waals surface area contributed by atoms with Gasteiger partial charge in [-0.05, 0) is 36.4 Å². The van der Waals surface area contributed by atoms with Crippen molar-refractivity contribution in [2.24, 2.45) is 0 Å².